The summed E-state index contributed by atoms with van der Waals surface area (Å²) in [5.74, 6) is 0.726. The second-order valence-corrected chi connectivity index (χ2v) is 15.2. The number of thiophene rings is 1. The number of hydrogen-bond acceptors (Lipinski definition) is 3. The van der Waals surface area contributed by atoms with E-state index >= 15 is 0 Å². The molecule has 1 aliphatic rings. The Bertz CT molecular complexity index is 3040. The Kier molecular flexibility index (Phi) is 5.89. The number of nitrogens with zero attached hydrogens (tertiary/aromatic N) is 3. The molecule has 0 amide bonds. The number of benzene rings is 7. The predicted octanol–water partition coefficient (Wildman–Crippen LogP) is 12.7. The van der Waals surface area contributed by atoms with Gasteiger partial charge in [0.25, 0.3) is 0 Å². The van der Waals surface area contributed by atoms with Crippen LogP contribution in [0.5, 0.6) is 0 Å². The van der Waals surface area contributed by atoms with E-state index in [2.05, 4.69) is 158 Å². The lowest BCUT2D eigenvalue weighted by molar-refractivity contribution is 0.667. The van der Waals surface area contributed by atoms with Crippen molar-refractivity contribution in [2.45, 2.75) is 19.3 Å². The highest BCUT2D eigenvalue weighted by atomic mass is 32.1. The molecule has 3 heterocycles. The summed E-state index contributed by atoms with van der Waals surface area (Å²) in [5, 5.41) is 6.37. The van der Waals surface area contributed by atoms with Crippen molar-refractivity contribution in [3.05, 3.63) is 163 Å². The maximum Gasteiger partial charge on any atom is 0.160 e. The third kappa shape index (κ3) is 3.94. The minimum atomic E-state index is -0.145. The number of rotatable bonds is 3. The Balaban J connectivity index is 1.21. The molecule has 0 saturated heterocycles. The van der Waals surface area contributed by atoms with Gasteiger partial charge in [-0.15, -0.1) is 11.3 Å². The van der Waals surface area contributed by atoms with Crippen molar-refractivity contribution in [3.63, 3.8) is 0 Å². The fraction of sp³-hybridized carbons (Fsp3) is 0.0638. The highest BCUT2D eigenvalue weighted by molar-refractivity contribution is 7.26. The van der Waals surface area contributed by atoms with Gasteiger partial charge in [-0.2, -0.15) is 0 Å². The monoisotopic (exact) mass is 669 g/mol. The van der Waals surface area contributed by atoms with Gasteiger partial charge in [0.15, 0.2) is 5.82 Å². The van der Waals surface area contributed by atoms with Crippen LogP contribution in [0.1, 0.15) is 25.0 Å². The summed E-state index contributed by atoms with van der Waals surface area (Å²) >= 11 is 1.94. The second-order valence-electron chi connectivity index (χ2n) is 14.1. The van der Waals surface area contributed by atoms with Crippen LogP contribution in [0.15, 0.2) is 152 Å². The predicted molar refractivity (Wildman–Crippen MR) is 215 cm³/mol. The zero-order valence-corrected chi connectivity index (χ0v) is 29.0. The van der Waals surface area contributed by atoms with Crippen molar-refractivity contribution in [1.82, 2.24) is 14.5 Å². The van der Waals surface area contributed by atoms with Gasteiger partial charge >= 0.3 is 0 Å². The quantitative estimate of drug-likeness (QED) is 0.187. The number of fused-ring (bicyclic) bond motifs is 13. The summed E-state index contributed by atoms with van der Waals surface area (Å²) in [4.78, 5) is 10.2. The molecule has 0 radical (unpaired) electrons. The average molecular weight is 670 g/mol. The van der Waals surface area contributed by atoms with Crippen LogP contribution < -0.4 is 0 Å². The molecule has 3 nitrogen and oxygen atoms in total. The van der Waals surface area contributed by atoms with Crippen molar-refractivity contribution in [2.24, 2.45) is 0 Å². The van der Waals surface area contributed by atoms with Crippen LogP contribution in [-0.2, 0) is 5.41 Å². The van der Waals surface area contributed by atoms with Crippen LogP contribution in [0, 0.1) is 0 Å². The normalized spacial score (nSPS) is 13.5. The molecule has 0 bridgehead atoms. The molecule has 1 aliphatic carbocycles. The average Bonchev–Trinajstić information content (AvgIpc) is 3.80. The number of aromatic nitrogens is 3. The van der Waals surface area contributed by atoms with Crippen molar-refractivity contribution >= 4 is 64.2 Å². The summed E-state index contributed by atoms with van der Waals surface area (Å²) in [6, 6.07) is 54.5. The van der Waals surface area contributed by atoms with Gasteiger partial charge < -0.3 is 4.57 Å². The molecule has 0 spiro atoms. The first-order chi connectivity index (χ1) is 25.1. The second kappa shape index (κ2) is 10.5. The van der Waals surface area contributed by atoms with Crippen molar-refractivity contribution in [3.8, 4) is 39.5 Å². The maximum absolute atomic E-state index is 5.16. The first-order valence-corrected chi connectivity index (χ1v) is 18.3. The Morgan fingerprint density at radius 1 is 0.569 bits per heavy atom. The molecular formula is C47H31N3S. The van der Waals surface area contributed by atoms with Gasteiger partial charge in [0, 0.05) is 64.1 Å². The summed E-state index contributed by atoms with van der Waals surface area (Å²) in [6.45, 7) is 4.81. The molecule has 4 heteroatoms. The van der Waals surface area contributed by atoms with Crippen LogP contribution in [0.2, 0.25) is 0 Å². The Morgan fingerprint density at radius 2 is 1.25 bits per heavy atom. The molecule has 3 aromatic heterocycles. The number of para-hydroxylation sites is 2. The van der Waals surface area contributed by atoms with Gasteiger partial charge in [-0.05, 0) is 59.2 Å². The highest BCUT2D eigenvalue weighted by Crippen LogP contribution is 2.58. The van der Waals surface area contributed by atoms with Gasteiger partial charge in [0.05, 0.1) is 22.2 Å². The van der Waals surface area contributed by atoms with Gasteiger partial charge in [0.2, 0.25) is 0 Å². The molecule has 0 unspecified atom stereocenters. The zero-order valence-electron chi connectivity index (χ0n) is 28.2. The smallest absolute Gasteiger partial charge is 0.160 e. The molecular weight excluding hydrogens is 639 g/mol. The van der Waals surface area contributed by atoms with Crippen molar-refractivity contribution in [2.75, 3.05) is 0 Å². The van der Waals surface area contributed by atoms with Crippen LogP contribution in [0.3, 0.4) is 0 Å². The first kappa shape index (κ1) is 28.7. The van der Waals surface area contributed by atoms with Crippen molar-refractivity contribution < 1.29 is 0 Å². The van der Waals surface area contributed by atoms with Crippen LogP contribution in [0.4, 0.5) is 0 Å². The SMILES string of the molecule is CC1(C)c2ccccc2-c2c1c1sc3ccccc3c1c1c3ccccc3n(-c3ccc(-c4nc(-c5ccccc5)c5ccccc5n4)cc3)c21. The van der Waals surface area contributed by atoms with E-state index in [-0.39, 0.29) is 5.41 Å². The third-order valence-electron chi connectivity index (χ3n) is 11.0. The first-order valence-electron chi connectivity index (χ1n) is 17.5. The van der Waals surface area contributed by atoms with Gasteiger partial charge in [-0.25, -0.2) is 9.97 Å². The summed E-state index contributed by atoms with van der Waals surface area (Å²) in [7, 11) is 0. The molecule has 7 aromatic carbocycles. The fourth-order valence-electron chi connectivity index (χ4n) is 8.72. The Hall–Kier alpha value is -6.10. The molecule has 0 aliphatic heterocycles. The van der Waals surface area contributed by atoms with E-state index in [1.165, 1.54) is 64.2 Å². The zero-order chi connectivity index (χ0) is 33.8. The third-order valence-corrected chi connectivity index (χ3v) is 12.2. The van der Waals surface area contributed by atoms with E-state index < -0.39 is 0 Å². The van der Waals surface area contributed by atoms with Crippen molar-refractivity contribution in [1.29, 1.82) is 0 Å². The lowest BCUT2D eigenvalue weighted by Crippen LogP contribution is -2.15. The minimum absolute atomic E-state index is 0.145. The fourth-order valence-corrected chi connectivity index (χ4v) is 10.1. The lowest BCUT2D eigenvalue weighted by Gasteiger charge is -2.22. The van der Waals surface area contributed by atoms with Gasteiger partial charge in [-0.1, -0.05) is 123 Å². The molecule has 51 heavy (non-hydrogen) atoms. The molecule has 11 rings (SSSR count). The van der Waals surface area contributed by atoms with Gasteiger partial charge in [-0.3, -0.25) is 0 Å². The Labute approximate surface area is 299 Å². The van der Waals surface area contributed by atoms with E-state index in [1.807, 2.05) is 23.5 Å². The highest BCUT2D eigenvalue weighted by Gasteiger charge is 2.40. The summed E-state index contributed by atoms with van der Waals surface area (Å²) in [6.07, 6.45) is 0. The topological polar surface area (TPSA) is 30.7 Å². The molecule has 0 N–H and O–H groups in total. The van der Waals surface area contributed by atoms with Crippen LogP contribution in [0.25, 0.3) is 92.3 Å². The molecule has 10 aromatic rings. The number of hydrogen-bond donors (Lipinski definition) is 0. The summed E-state index contributed by atoms with van der Waals surface area (Å²) in [5.41, 5.74) is 13.0. The largest absolute Gasteiger partial charge is 0.309 e. The maximum atomic E-state index is 5.16. The van der Waals surface area contributed by atoms with Crippen LogP contribution in [-0.4, -0.2) is 14.5 Å². The lowest BCUT2D eigenvalue weighted by atomic mass is 9.81. The van der Waals surface area contributed by atoms with Crippen LogP contribution >= 0.6 is 11.3 Å². The molecule has 0 atom stereocenters. The minimum Gasteiger partial charge on any atom is -0.309 e. The Morgan fingerprint density at radius 3 is 2.10 bits per heavy atom. The van der Waals surface area contributed by atoms with E-state index in [1.54, 1.807) is 0 Å². The molecule has 0 saturated carbocycles. The molecule has 0 fully saturated rings. The van der Waals surface area contributed by atoms with E-state index in [9.17, 15) is 0 Å². The van der Waals surface area contributed by atoms with Gasteiger partial charge in [0.1, 0.15) is 0 Å². The standard InChI is InChI=1S/C47H31N3S/c1-47(2)35-20-10-6-16-31(35)41-42(47)45-40(34-19-9-13-23-38(34)51-45)39-33-18-8-12-22-37(33)50(44(39)41)30-26-24-29(25-27-30)46-48-36-21-11-7-17-32(36)43(49-46)28-14-4-3-5-15-28/h3-27H,1-2H3. The van der Waals surface area contributed by atoms with E-state index in [4.69, 9.17) is 9.97 Å². The summed E-state index contributed by atoms with van der Waals surface area (Å²) < 4.78 is 5.25. The molecule has 240 valence electrons. The van der Waals surface area contributed by atoms with E-state index in [0.29, 0.717) is 0 Å². The van der Waals surface area contributed by atoms with E-state index in [0.717, 1.165) is 39.2 Å².